The number of hydrogen-bond acceptors (Lipinski definition) is 6. The first-order chi connectivity index (χ1) is 10.9. The quantitative estimate of drug-likeness (QED) is 0.874. The molecule has 0 saturated carbocycles. The van der Waals surface area contributed by atoms with Crippen LogP contribution in [-0.4, -0.2) is 43.8 Å². The molecule has 0 bridgehead atoms. The Morgan fingerprint density at radius 1 is 1.35 bits per heavy atom. The van der Waals surface area contributed by atoms with Crippen LogP contribution in [0.15, 0.2) is 16.7 Å². The van der Waals surface area contributed by atoms with Crippen molar-refractivity contribution < 1.29 is 14.4 Å². The van der Waals surface area contributed by atoms with Crippen LogP contribution in [0.25, 0.3) is 0 Å². The third-order valence-corrected chi connectivity index (χ3v) is 3.70. The largest absolute Gasteiger partial charge is 0.391 e. The van der Waals surface area contributed by atoms with Crippen LogP contribution in [0.2, 0.25) is 0 Å². The van der Waals surface area contributed by atoms with Gasteiger partial charge in [0, 0.05) is 18.7 Å². The zero-order chi connectivity index (χ0) is 16.6. The predicted molar refractivity (Wildman–Crippen MR) is 81.8 cm³/mol. The van der Waals surface area contributed by atoms with Crippen molar-refractivity contribution in [3.05, 3.63) is 35.1 Å². The highest BCUT2D eigenvalue weighted by atomic mass is 16.5. The Labute approximate surface area is 133 Å². The lowest BCUT2D eigenvalue weighted by Crippen LogP contribution is -2.35. The number of carbonyl (C=O) groups excluding carboxylic acids is 1. The summed E-state index contributed by atoms with van der Waals surface area (Å²) in [6, 6.07) is 2.94. The van der Waals surface area contributed by atoms with Crippen LogP contribution in [0.1, 0.15) is 35.4 Å². The van der Waals surface area contributed by atoms with Crippen LogP contribution in [0.5, 0.6) is 0 Å². The molecule has 0 spiro atoms. The van der Waals surface area contributed by atoms with Gasteiger partial charge in [0.05, 0.1) is 6.10 Å². The highest BCUT2D eigenvalue weighted by molar-refractivity contribution is 5.89. The summed E-state index contributed by atoms with van der Waals surface area (Å²) in [4.78, 5) is 22.5. The molecule has 2 amide bonds. The Kier molecular flexibility index (Phi) is 3.99. The van der Waals surface area contributed by atoms with Crippen LogP contribution in [-0.2, 0) is 0 Å². The van der Waals surface area contributed by atoms with Gasteiger partial charge >= 0.3 is 6.03 Å². The summed E-state index contributed by atoms with van der Waals surface area (Å²) < 4.78 is 5.16. The number of aromatic nitrogens is 3. The number of hydrogen-bond donors (Lipinski definition) is 2. The van der Waals surface area contributed by atoms with Gasteiger partial charge in [-0.25, -0.2) is 9.78 Å². The van der Waals surface area contributed by atoms with Crippen LogP contribution >= 0.6 is 0 Å². The lowest BCUT2D eigenvalue weighted by molar-refractivity contribution is 0.174. The van der Waals surface area contributed by atoms with E-state index in [1.165, 1.54) is 4.90 Å². The van der Waals surface area contributed by atoms with Crippen molar-refractivity contribution in [2.24, 2.45) is 0 Å². The third-order valence-electron chi connectivity index (χ3n) is 3.70. The molecule has 2 N–H and O–H groups in total. The van der Waals surface area contributed by atoms with Gasteiger partial charge in [0.15, 0.2) is 5.82 Å². The van der Waals surface area contributed by atoms with Crippen molar-refractivity contribution in [2.45, 2.75) is 39.3 Å². The molecule has 1 aliphatic rings. The average molecular weight is 317 g/mol. The second-order valence-electron chi connectivity index (χ2n) is 5.84. The van der Waals surface area contributed by atoms with Crippen LogP contribution in [0.3, 0.4) is 0 Å². The molecule has 2 atom stereocenters. The minimum Gasteiger partial charge on any atom is -0.391 e. The summed E-state index contributed by atoms with van der Waals surface area (Å²) in [6.45, 7) is 5.73. The highest BCUT2D eigenvalue weighted by Gasteiger charge is 2.38. The zero-order valence-corrected chi connectivity index (χ0v) is 13.3. The van der Waals surface area contributed by atoms with Gasteiger partial charge in [-0.3, -0.25) is 5.32 Å². The molecule has 122 valence electrons. The summed E-state index contributed by atoms with van der Waals surface area (Å²) in [5.74, 6) is 1.31. The molecule has 3 heterocycles. The number of anilines is 1. The molecule has 1 aliphatic heterocycles. The highest BCUT2D eigenvalue weighted by Crippen LogP contribution is 2.31. The fraction of sp³-hybridized carbons (Fsp3) is 0.467. The van der Waals surface area contributed by atoms with E-state index in [0.717, 1.165) is 11.3 Å². The van der Waals surface area contributed by atoms with Crippen molar-refractivity contribution >= 4 is 11.8 Å². The van der Waals surface area contributed by atoms with Crippen molar-refractivity contribution in [3.63, 3.8) is 0 Å². The Morgan fingerprint density at radius 3 is 2.78 bits per heavy atom. The number of aliphatic hydroxyl groups is 1. The Balaban J connectivity index is 1.79. The summed E-state index contributed by atoms with van der Waals surface area (Å²) >= 11 is 0. The molecule has 2 aromatic heterocycles. The number of urea groups is 1. The minimum atomic E-state index is -0.620. The normalized spacial score (nSPS) is 20.8. The maximum Gasteiger partial charge on any atom is 0.323 e. The van der Waals surface area contributed by atoms with Gasteiger partial charge in [0.2, 0.25) is 5.89 Å². The number of aliphatic hydroxyl groups excluding tert-OH is 1. The predicted octanol–water partition coefficient (Wildman–Crippen LogP) is 1.73. The van der Waals surface area contributed by atoms with Gasteiger partial charge in [-0.2, -0.15) is 4.98 Å². The molecule has 0 radical (unpaired) electrons. The zero-order valence-electron chi connectivity index (χ0n) is 13.3. The van der Waals surface area contributed by atoms with E-state index in [-0.39, 0.29) is 12.6 Å². The Hall–Kier alpha value is -2.48. The minimum absolute atomic E-state index is 0.211. The van der Waals surface area contributed by atoms with Gasteiger partial charge in [-0.05, 0) is 38.5 Å². The molecule has 2 aromatic rings. The second kappa shape index (κ2) is 5.96. The molecule has 0 unspecified atom stereocenters. The molecule has 3 rings (SSSR count). The van der Waals surface area contributed by atoms with Crippen molar-refractivity contribution in [3.8, 4) is 0 Å². The lowest BCUT2D eigenvalue weighted by atomic mass is 10.2. The lowest BCUT2D eigenvalue weighted by Gasteiger charge is -2.21. The number of likely N-dealkylation sites (tertiary alicyclic amines) is 1. The standard InChI is InChI=1S/C15H19N5O3/c1-8-4-9(2)16-13(5-8)18-15(22)20-7-11(21)6-12(20)14-17-10(3)19-23-14/h4-5,11-12,21H,6-7H2,1-3H3,(H,16,18,22)/t11-,12-/m1/s1. The van der Waals surface area contributed by atoms with E-state index in [2.05, 4.69) is 20.4 Å². The van der Waals surface area contributed by atoms with Gasteiger partial charge in [-0.15, -0.1) is 0 Å². The Bertz CT molecular complexity index is 709. The van der Waals surface area contributed by atoms with Crippen LogP contribution in [0, 0.1) is 20.8 Å². The number of carbonyl (C=O) groups is 1. The monoisotopic (exact) mass is 317 g/mol. The first-order valence-corrected chi connectivity index (χ1v) is 7.43. The van der Waals surface area contributed by atoms with Crippen LogP contribution in [0.4, 0.5) is 10.6 Å². The van der Waals surface area contributed by atoms with Gasteiger partial charge < -0.3 is 14.5 Å². The number of β-amino-alcohol motifs (C(OH)–C–C–N with tert-alkyl or cyclic N) is 1. The number of nitrogens with zero attached hydrogens (tertiary/aromatic N) is 4. The van der Waals surface area contributed by atoms with Crippen molar-refractivity contribution in [1.82, 2.24) is 20.0 Å². The topological polar surface area (TPSA) is 104 Å². The van der Waals surface area contributed by atoms with Crippen molar-refractivity contribution in [2.75, 3.05) is 11.9 Å². The molecule has 8 nitrogen and oxygen atoms in total. The summed E-state index contributed by atoms with van der Waals surface area (Å²) in [7, 11) is 0. The van der Waals surface area contributed by atoms with E-state index in [9.17, 15) is 9.90 Å². The number of amides is 2. The molecule has 23 heavy (non-hydrogen) atoms. The molecular weight excluding hydrogens is 298 g/mol. The van der Waals surface area contributed by atoms with E-state index >= 15 is 0 Å². The summed E-state index contributed by atoms with van der Waals surface area (Å²) in [6.07, 6.45) is -0.250. The first kappa shape index (κ1) is 15.4. The summed E-state index contributed by atoms with van der Waals surface area (Å²) in [5.41, 5.74) is 1.84. The smallest absolute Gasteiger partial charge is 0.323 e. The summed E-state index contributed by atoms with van der Waals surface area (Å²) in [5, 5.41) is 16.4. The maximum absolute atomic E-state index is 12.5. The van der Waals surface area contributed by atoms with E-state index < -0.39 is 12.1 Å². The number of aryl methyl sites for hydroxylation is 3. The fourth-order valence-electron chi connectivity index (χ4n) is 2.81. The SMILES string of the molecule is Cc1cc(C)nc(NC(=O)N2C[C@H](O)C[C@@H]2c2nc(C)no2)c1. The second-order valence-corrected chi connectivity index (χ2v) is 5.84. The van der Waals surface area contributed by atoms with E-state index in [1.807, 2.05) is 19.9 Å². The average Bonchev–Trinajstić information content (AvgIpc) is 3.03. The molecule has 0 aliphatic carbocycles. The van der Waals surface area contributed by atoms with Gasteiger partial charge in [-0.1, -0.05) is 5.16 Å². The van der Waals surface area contributed by atoms with Crippen LogP contribution < -0.4 is 5.32 Å². The van der Waals surface area contributed by atoms with Crippen molar-refractivity contribution in [1.29, 1.82) is 0 Å². The number of rotatable bonds is 2. The van der Waals surface area contributed by atoms with Gasteiger partial charge in [0.1, 0.15) is 11.9 Å². The number of pyridine rings is 1. The Morgan fingerprint density at radius 2 is 2.13 bits per heavy atom. The molecule has 8 heteroatoms. The van der Waals surface area contributed by atoms with Gasteiger partial charge in [0.25, 0.3) is 0 Å². The number of nitrogens with one attached hydrogen (secondary N) is 1. The molecular formula is C15H19N5O3. The maximum atomic E-state index is 12.5. The fourth-order valence-corrected chi connectivity index (χ4v) is 2.81. The van der Waals surface area contributed by atoms with E-state index in [4.69, 9.17) is 4.52 Å². The molecule has 1 fully saturated rings. The molecule has 1 saturated heterocycles. The van der Waals surface area contributed by atoms with E-state index in [1.54, 1.807) is 13.0 Å². The molecule has 0 aromatic carbocycles. The third kappa shape index (κ3) is 3.31. The first-order valence-electron chi connectivity index (χ1n) is 7.43. The van der Waals surface area contributed by atoms with E-state index in [0.29, 0.717) is 24.0 Å².